The Morgan fingerprint density at radius 3 is 2.35 bits per heavy atom. The second-order valence-corrected chi connectivity index (χ2v) is 7.52. The number of halogens is 1. The van der Waals surface area contributed by atoms with Gasteiger partial charge in [-0.15, -0.1) is 0 Å². The van der Waals surface area contributed by atoms with Crippen molar-refractivity contribution in [2.45, 2.75) is 26.4 Å². The van der Waals surface area contributed by atoms with E-state index in [0.717, 1.165) is 13.1 Å². The van der Waals surface area contributed by atoms with Crippen molar-refractivity contribution in [1.82, 2.24) is 4.90 Å². The smallest absolute Gasteiger partial charge is 0.410 e. The fourth-order valence-electron chi connectivity index (χ4n) is 3.44. The van der Waals surface area contributed by atoms with Gasteiger partial charge in [0, 0.05) is 43.7 Å². The second kappa shape index (κ2) is 5.58. The van der Waals surface area contributed by atoms with Crippen LogP contribution >= 0.6 is 0 Å². The lowest BCUT2D eigenvalue weighted by atomic mass is 10.0. The van der Waals surface area contributed by atoms with Crippen LogP contribution in [0.5, 0.6) is 0 Å². The number of fused-ring (bicyclic) bond motifs is 1. The number of nitrogen functional groups attached to an aromatic ring is 1. The molecule has 126 valence electrons. The highest BCUT2D eigenvalue weighted by atomic mass is 19.1. The molecule has 1 aromatic rings. The minimum atomic E-state index is -0.478. The number of carbonyl (C=O) groups is 1. The number of nitrogens with zero attached hydrogens (tertiary/aromatic N) is 2. The Bertz CT molecular complexity index is 600. The standard InChI is InChI=1S/C17H24FN3O2/c1-17(2,3)23-16(22)21-9-11-7-20(8-12(11)10-21)15-5-4-13(19)6-14(15)18/h4-6,11-12H,7-10,19H2,1-3H3. The molecule has 1 aromatic carbocycles. The van der Waals surface area contributed by atoms with Crippen molar-refractivity contribution in [1.29, 1.82) is 0 Å². The first-order chi connectivity index (χ1) is 10.7. The van der Waals surface area contributed by atoms with Crippen LogP contribution in [0.15, 0.2) is 18.2 Å². The van der Waals surface area contributed by atoms with Crippen molar-refractivity contribution in [2.75, 3.05) is 36.8 Å². The summed E-state index contributed by atoms with van der Waals surface area (Å²) in [5.74, 6) is 0.438. The van der Waals surface area contributed by atoms with Crippen LogP contribution in [0.1, 0.15) is 20.8 Å². The zero-order valence-electron chi connectivity index (χ0n) is 13.9. The third-order valence-electron chi connectivity index (χ3n) is 4.45. The van der Waals surface area contributed by atoms with Crippen molar-refractivity contribution in [3.63, 3.8) is 0 Å². The first-order valence-corrected chi connectivity index (χ1v) is 8.01. The molecule has 0 aliphatic carbocycles. The van der Waals surface area contributed by atoms with E-state index in [9.17, 15) is 9.18 Å². The Labute approximate surface area is 136 Å². The van der Waals surface area contributed by atoms with Crippen LogP contribution in [-0.2, 0) is 4.74 Å². The maximum absolute atomic E-state index is 14.1. The summed E-state index contributed by atoms with van der Waals surface area (Å²) in [6.07, 6.45) is -0.253. The molecule has 6 heteroatoms. The molecule has 2 N–H and O–H groups in total. The summed E-state index contributed by atoms with van der Waals surface area (Å²) in [4.78, 5) is 16.0. The molecule has 2 atom stereocenters. The van der Waals surface area contributed by atoms with E-state index >= 15 is 0 Å². The molecule has 0 saturated carbocycles. The van der Waals surface area contributed by atoms with Gasteiger partial charge in [0.15, 0.2) is 0 Å². The van der Waals surface area contributed by atoms with Gasteiger partial charge in [-0.1, -0.05) is 0 Å². The highest BCUT2D eigenvalue weighted by Crippen LogP contribution is 2.35. The van der Waals surface area contributed by atoms with Crippen LogP contribution < -0.4 is 10.6 Å². The highest BCUT2D eigenvalue weighted by molar-refractivity contribution is 5.68. The van der Waals surface area contributed by atoms with E-state index < -0.39 is 5.60 Å². The molecule has 2 aliphatic rings. The van der Waals surface area contributed by atoms with E-state index in [0.29, 0.717) is 36.3 Å². The zero-order chi connectivity index (χ0) is 16.8. The molecular formula is C17H24FN3O2. The number of benzene rings is 1. The lowest BCUT2D eigenvalue weighted by Gasteiger charge is -2.26. The van der Waals surface area contributed by atoms with Crippen LogP contribution in [0.2, 0.25) is 0 Å². The van der Waals surface area contributed by atoms with Crippen molar-refractivity contribution in [2.24, 2.45) is 11.8 Å². The summed E-state index contributed by atoms with van der Waals surface area (Å²) >= 11 is 0. The van der Waals surface area contributed by atoms with E-state index in [4.69, 9.17) is 10.5 Å². The van der Waals surface area contributed by atoms with E-state index in [-0.39, 0.29) is 11.9 Å². The van der Waals surface area contributed by atoms with Gasteiger partial charge in [-0.05, 0) is 39.0 Å². The first kappa shape index (κ1) is 15.9. The fraction of sp³-hybridized carbons (Fsp3) is 0.588. The topological polar surface area (TPSA) is 58.8 Å². The van der Waals surface area contributed by atoms with E-state index in [1.807, 2.05) is 20.8 Å². The number of anilines is 2. The molecule has 2 fully saturated rings. The number of hydrogen-bond donors (Lipinski definition) is 1. The van der Waals surface area contributed by atoms with Gasteiger partial charge in [-0.2, -0.15) is 0 Å². The lowest BCUT2D eigenvalue weighted by Crippen LogP contribution is -2.37. The average molecular weight is 321 g/mol. The molecule has 2 aliphatic heterocycles. The molecule has 0 radical (unpaired) electrons. The quantitative estimate of drug-likeness (QED) is 0.808. The molecule has 1 amide bonds. The average Bonchev–Trinajstić information content (AvgIpc) is 2.94. The summed E-state index contributed by atoms with van der Waals surface area (Å²) in [6, 6.07) is 4.81. The van der Waals surface area contributed by atoms with Gasteiger partial charge >= 0.3 is 6.09 Å². The van der Waals surface area contributed by atoms with Crippen LogP contribution in [0.25, 0.3) is 0 Å². The molecule has 0 bridgehead atoms. The monoisotopic (exact) mass is 321 g/mol. The summed E-state index contributed by atoms with van der Waals surface area (Å²) in [6.45, 7) is 8.46. The fourth-order valence-corrected chi connectivity index (χ4v) is 3.44. The van der Waals surface area contributed by atoms with Gasteiger partial charge in [-0.25, -0.2) is 9.18 Å². The molecule has 23 heavy (non-hydrogen) atoms. The molecule has 5 nitrogen and oxygen atoms in total. The highest BCUT2D eigenvalue weighted by Gasteiger charge is 2.43. The molecule has 2 unspecified atom stereocenters. The number of rotatable bonds is 1. The maximum atomic E-state index is 14.1. The van der Waals surface area contributed by atoms with Crippen molar-refractivity contribution < 1.29 is 13.9 Å². The predicted molar refractivity (Wildman–Crippen MR) is 87.8 cm³/mol. The number of nitrogens with two attached hydrogens (primary N) is 1. The Balaban J connectivity index is 1.62. The number of likely N-dealkylation sites (tertiary alicyclic amines) is 1. The number of ether oxygens (including phenoxy) is 1. The summed E-state index contributed by atoms with van der Waals surface area (Å²) in [5, 5.41) is 0. The van der Waals surface area contributed by atoms with Crippen molar-refractivity contribution in [3.05, 3.63) is 24.0 Å². The minimum Gasteiger partial charge on any atom is -0.444 e. The maximum Gasteiger partial charge on any atom is 0.410 e. The van der Waals surface area contributed by atoms with Gasteiger partial charge in [-0.3, -0.25) is 0 Å². The molecule has 0 spiro atoms. The van der Waals surface area contributed by atoms with Gasteiger partial charge in [0.2, 0.25) is 0 Å². The second-order valence-electron chi connectivity index (χ2n) is 7.52. The molecular weight excluding hydrogens is 297 g/mol. The Kier molecular flexibility index (Phi) is 3.86. The number of carbonyl (C=O) groups excluding carboxylic acids is 1. The van der Waals surface area contributed by atoms with E-state index in [2.05, 4.69) is 4.90 Å². The lowest BCUT2D eigenvalue weighted by molar-refractivity contribution is 0.0282. The van der Waals surface area contributed by atoms with Gasteiger partial charge in [0.25, 0.3) is 0 Å². The van der Waals surface area contributed by atoms with Gasteiger partial charge < -0.3 is 20.3 Å². The largest absolute Gasteiger partial charge is 0.444 e. The third kappa shape index (κ3) is 3.35. The molecule has 3 rings (SSSR count). The SMILES string of the molecule is CC(C)(C)OC(=O)N1CC2CN(c3ccc(N)cc3F)CC2C1. The summed E-state index contributed by atoms with van der Waals surface area (Å²) in [5.41, 5.74) is 6.15. The van der Waals surface area contributed by atoms with Crippen molar-refractivity contribution in [3.8, 4) is 0 Å². The first-order valence-electron chi connectivity index (χ1n) is 8.01. The Morgan fingerprint density at radius 1 is 1.22 bits per heavy atom. The molecule has 0 aromatic heterocycles. The minimum absolute atomic E-state index is 0.253. The zero-order valence-corrected chi connectivity index (χ0v) is 13.9. The Morgan fingerprint density at radius 2 is 1.83 bits per heavy atom. The van der Waals surface area contributed by atoms with Crippen molar-refractivity contribution >= 4 is 17.5 Å². The summed E-state index contributed by atoms with van der Waals surface area (Å²) < 4.78 is 19.5. The van der Waals surface area contributed by atoms with Gasteiger partial charge in [0.05, 0.1) is 5.69 Å². The Hall–Kier alpha value is -1.98. The molecule has 2 saturated heterocycles. The molecule has 2 heterocycles. The van der Waals surface area contributed by atoms with E-state index in [1.165, 1.54) is 6.07 Å². The third-order valence-corrected chi connectivity index (χ3v) is 4.45. The summed E-state index contributed by atoms with van der Waals surface area (Å²) in [7, 11) is 0. The predicted octanol–water partition coefficient (Wildman–Crippen LogP) is 2.71. The van der Waals surface area contributed by atoms with Gasteiger partial charge in [0.1, 0.15) is 11.4 Å². The van der Waals surface area contributed by atoms with Crippen LogP contribution in [0, 0.1) is 17.7 Å². The normalized spacial score (nSPS) is 24.0. The number of amides is 1. The van der Waals surface area contributed by atoms with E-state index in [1.54, 1.807) is 17.0 Å². The van der Waals surface area contributed by atoms with Crippen LogP contribution in [0.3, 0.4) is 0 Å². The number of hydrogen-bond acceptors (Lipinski definition) is 4. The van der Waals surface area contributed by atoms with Crippen LogP contribution in [-0.4, -0.2) is 42.8 Å². The van der Waals surface area contributed by atoms with Crippen LogP contribution in [0.4, 0.5) is 20.6 Å².